The number of hydrogen-bond donors (Lipinski definition) is 0. The fraction of sp³-hybridized carbons (Fsp3) is 0.188. The minimum absolute atomic E-state index is 0.159. The van der Waals surface area contributed by atoms with Crippen molar-refractivity contribution >= 4 is 37.5 Å². The summed E-state index contributed by atoms with van der Waals surface area (Å²) >= 11 is 3.21. The molecule has 8 heteroatoms. The van der Waals surface area contributed by atoms with Crippen LogP contribution in [0.4, 0.5) is 0 Å². The van der Waals surface area contributed by atoms with Gasteiger partial charge in [-0.3, -0.25) is 14.6 Å². The van der Waals surface area contributed by atoms with Gasteiger partial charge in [-0.05, 0) is 41.1 Å². The van der Waals surface area contributed by atoms with E-state index in [1.165, 1.54) is 18.5 Å². The number of aromatic nitrogens is 1. The van der Waals surface area contributed by atoms with E-state index in [9.17, 15) is 13.8 Å². The third-order valence-electron chi connectivity index (χ3n) is 2.91. The summed E-state index contributed by atoms with van der Waals surface area (Å²) in [7, 11) is -3.29. The van der Waals surface area contributed by atoms with Gasteiger partial charge in [-0.25, -0.2) is 4.21 Å². The number of rotatable bonds is 5. The SMILES string of the molecule is CCOC(=O)C[S@@](=O)(=NC(=O)c1cncc(Br)c1)c1ccccc1. The van der Waals surface area contributed by atoms with Gasteiger partial charge >= 0.3 is 5.97 Å². The largest absolute Gasteiger partial charge is 0.465 e. The minimum Gasteiger partial charge on any atom is -0.465 e. The van der Waals surface area contributed by atoms with Crippen LogP contribution in [0.3, 0.4) is 0 Å². The predicted molar refractivity (Wildman–Crippen MR) is 93.0 cm³/mol. The lowest BCUT2D eigenvalue weighted by molar-refractivity contribution is -0.139. The van der Waals surface area contributed by atoms with Crippen molar-refractivity contribution in [3.8, 4) is 0 Å². The summed E-state index contributed by atoms with van der Waals surface area (Å²) in [4.78, 5) is 28.4. The molecule has 0 fully saturated rings. The highest BCUT2D eigenvalue weighted by atomic mass is 79.9. The third-order valence-corrected chi connectivity index (χ3v) is 5.44. The molecule has 24 heavy (non-hydrogen) atoms. The Labute approximate surface area is 148 Å². The van der Waals surface area contributed by atoms with Crippen molar-refractivity contribution in [1.29, 1.82) is 0 Å². The molecule has 0 N–H and O–H groups in total. The Bertz CT molecular complexity index is 861. The first kappa shape index (κ1) is 18.3. The molecular weight excluding hydrogens is 396 g/mol. The van der Waals surface area contributed by atoms with Crippen LogP contribution < -0.4 is 0 Å². The van der Waals surface area contributed by atoms with Crippen molar-refractivity contribution in [3.63, 3.8) is 0 Å². The van der Waals surface area contributed by atoms with Crippen molar-refractivity contribution in [2.24, 2.45) is 4.36 Å². The number of halogens is 1. The van der Waals surface area contributed by atoms with E-state index in [-0.39, 0.29) is 12.2 Å². The second-order valence-corrected chi connectivity index (χ2v) is 7.83. The lowest BCUT2D eigenvalue weighted by atomic mass is 10.3. The van der Waals surface area contributed by atoms with Crippen molar-refractivity contribution in [2.45, 2.75) is 11.8 Å². The predicted octanol–water partition coefficient (Wildman–Crippen LogP) is 3.07. The Balaban J connectivity index is 2.47. The smallest absolute Gasteiger partial charge is 0.319 e. The van der Waals surface area contributed by atoms with E-state index in [0.717, 1.165) is 0 Å². The summed E-state index contributed by atoms with van der Waals surface area (Å²) in [6, 6.07) is 9.73. The van der Waals surface area contributed by atoms with Crippen LogP contribution in [0.5, 0.6) is 0 Å². The molecular formula is C16H15BrN2O4S. The number of nitrogens with zero attached hydrogens (tertiary/aromatic N) is 2. The monoisotopic (exact) mass is 410 g/mol. The lowest BCUT2D eigenvalue weighted by Crippen LogP contribution is -2.20. The van der Waals surface area contributed by atoms with Crippen LogP contribution in [0.1, 0.15) is 17.3 Å². The van der Waals surface area contributed by atoms with Crippen molar-refractivity contribution in [2.75, 3.05) is 12.4 Å². The molecule has 0 aliphatic heterocycles. The average molecular weight is 411 g/mol. The number of esters is 1. The van der Waals surface area contributed by atoms with Gasteiger partial charge in [0.2, 0.25) is 0 Å². The number of hydrogen-bond acceptors (Lipinski definition) is 5. The molecule has 6 nitrogen and oxygen atoms in total. The molecule has 1 heterocycles. The molecule has 2 aromatic rings. The summed E-state index contributed by atoms with van der Waals surface area (Å²) < 4.78 is 22.5. The fourth-order valence-corrected chi connectivity index (χ4v) is 3.94. The fourth-order valence-electron chi connectivity index (χ4n) is 1.88. The first-order valence-corrected chi connectivity index (χ1v) is 9.53. The van der Waals surface area contributed by atoms with Crippen molar-refractivity contribution in [1.82, 2.24) is 4.98 Å². The second kappa shape index (κ2) is 8.16. The quantitative estimate of drug-likeness (QED) is 0.706. The van der Waals surface area contributed by atoms with Crippen molar-refractivity contribution < 1.29 is 18.5 Å². The van der Waals surface area contributed by atoms with Gasteiger partial charge < -0.3 is 4.74 Å². The van der Waals surface area contributed by atoms with E-state index >= 15 is 0 Å². The molecule has 0 saturated heterocycles. The summed E-state index contributed by atoms with van der Waals surface area (Å²) in [6.07, 6.45) is 2.84. The molecule has 0 aliphatic carbocycles. The Kier molecular flexibility index (Phi) is 6.22. The van der Waals surface area contributed by atoms with Gasteiger partial charge in [0.25, 0.3) is 5.91 Å². The Morgan fingerprint density at radius 2 is 1.96 bits per heavy atom. The highest BCUT2D eigenvalue weighted by Gasteiger charge is 2.21. The summed E-state index contributed by atoms with van der Waals surface area (Å²) in [5, 5.41) is 0. The van der Waals surface area contributed by atoms with E-state index in [1.54, 1.807) is 37.3 Å². The summed E-state index contributed by atoms with van der Waals surface area (Å²) in [6.45, 7) is 1.81. The number of amides is 1. The van der Waals surface area contributed by atoms with Gasteiger partial charge in [0, 0.05) is 21.8 Å². The molecule has 0 spiro atoms. The maximum Gasteiger partial charge on any atom is 0.319 e. The van der Waals surface area contributed by atoms with Crippen LogP contribution in [0.15, 0.2) is 62.5 Å². The molecule has 0 bridgehead atoms. The van der Waals surface area contributed by atoms with Gasteiger partial charge in [-0.2, -0.15) is 4.36 Å². The van der Waals surface area contributed by atoms with Gasteiger partial charge in [0.05, 0.1) is 21.9 Å². The number of carbonyl (C=O) groups is 2. The van der Waals surface area contributed by atoms with Crippen LogP contribution in [-0.4, -0.2) is 33.4 Å². The zero-order valence-corrected chi connectivity index (χ0v) is 15.2. The Hall–Kier alpha value is -2.06. The highest BCUT2D eigenvalue weighted by Crippen LogP contribution is 2.17. The van der Waals surface area contributed by atoms with Crippen LogP contribution in [0.25, 0.3) is 0 Å². The van der Waals surface area contributed by atoms with Crippen LogP contribution in [0.2, 0.25) is 0 Å². The van der Waals surface area contributed by atoms with Crippen LogP contribution in [-0.2, 0) is 19.3 Å². The number of pyridine rings is 1. The second-order valence-electron chi connectivity index (χ2n) is 4.69. The molecule has 0 unspecified atom stereocenters. The maximum atomic E-state index is 13.2. The Morgan fingerprint density at radius 3 is 2.58 bits per heavy atom. The maximum absolute atomic E-state index is 13.2. The Morgan fingerprint density at radius 1 is 1.25 bits per heavy atom. The highest BCUT2D eigenvalue weighted by molar-refractivity contribution is 9.10. The molecule has 126 valence electrons. The normalized spacial score (nSPS) is 12.9. The lowest BCUT2D eigenvalue weighted by Gasteiger charge is -2.09. The molecule has 0 saturated carbocycles. The first-order chi connectivity index (χ1) is 11.4. The van der Waals surface area contributed by atoms with E-state index < -0.39 is 27.4 Å². The van der Waals surface area contributed by atoms with Crippen LogP contribution >= 0.6 is 15.9 Å². The first-order valence-electron chi connectivity index (χ1n) is 7.05. The topological polar surface area (TPSA) is 85.7 Å². The van der Waals surface area contributed by atoms with E-state index in [0.29, 0.717) is 9.37 Å². The number of benzene rings is 1. The third kappa shape index (κ3) is 4.72. The van der Waals surface area contributed by atoms with Gasteiger partial charge in [-0.1, -0.05) is 18.2 Å². The molecule has 2 rings (SSSR count). The molecule has 0 radical (unpaired) electrons. The summed E-state index contributed by atoms with van der Waals surface area (Å²) in [5.41, 5.74) is 0.178. The van der Waals surface area contributed by atoms with Crippen molar-refractivity contribution in [3.05, 3.63) is 58.8 Å². The standard InChI is InChI=1S/C16H15BrN2O4S/c1-2-23-15(20)11-24(22,14-6-4-3-5-7-14)19-16(21)12-8-13(17)10-18-9-12/h3-10H,2,11H2,1H3/t24-/m0/s1. The van der Waals surface area contributed by atoms with E-state index in [2.05, 4.69) is 25.3 Å². The van der Waals surface area contributed by atoms with E-state index in [4.69, 9.17) is 4.74 Å². The summed E-state index contributed by atoms with van der Waals surface area (Å²) in [5.74, 6) is -1.87. The number of ether oxygens (including phenoxy) is 1. The molecule has 1 atom stereocenters. The molecule has 0 aliphatic rings. The minimum atomic E-state index is -3.29. The zero-order chi connectivity index (χ0) is 17.6. The zero-order valence-electron chi connectivity index (χ0n) is 12.8. The average Bonchev–Trinajstić information content (AvgIpc) is 2.55. The van der Waals surface area contributed by atoms with E-state index in [1.807, 2.05) is 0 Å². The number of carbonyl (C=O) groups excluding carboxylic acids is 2. The molecule has 1 amide bonds. The van der Waals surface area contributed by atoms with Gasteiger partial charge in [0.1, 0.15) is 5.75 Å². The van der Waals surface area contributed by atoms with Gasteiger partial charge in [-0.15, -0.1) is 0 Å². The molecule has 1 aromatic heterocycles. The van der Waals surface area contributed by atoms with Crippen LogP contribution in [0, 0.1) is 0 Å². The molecule has 1 aromatic carbocycles. The van der Waals surface area contributed by atoms with Gasteiger partial charge in [0.15, 0.2) is 0 Å².